The van der Waals surface area contributed by atoms with E-state index in [2.05, 4.69) is 32.6 Å². The summed E-state index contributed by atoms with van der Waals surface area (Å²) in [6.45, 7) is 6.62. The number of ether oxygens (including phenoxy) is 1. The fourth-order valence-electron chi connectivity index (χ4n) is 3.94. The van der Waals surface area contributed by atoms with E-state index in [1.165, 1.54) is 9.18 Å². The van der Waals surface area contributed by atoms with Crippen molar-refractivity contribution in [1.82, 2.24) is 14.1 Å². The number of carbonyl (C=O) groups is 1. The maximum Gasteiger partial charge on any atom is 0.243 e. The molecule has 32 heavy (non-hydrogen) atoms. The molecular weight excluding hydrogens is 448 g/mol. The van der Waals surface area contributed by atoms with Crippen LogP contribution in [0.5, 0.6) is 0 Å². The van der Waals surface area contributed by atoms with Gasteiger partial charge in [-0.25, -0.2) is 8.42 Å². The first kappa shape index (κ1) is 23.3. The monoisotopic (exact) mass is 478 g/mol. The van der Waals surface area contributed by atoms with Gasteiger partial charge in [0.2, 0.25) is 15.9 Å². The van der Waals surface area contributed by atoms with Crippen molar-refractivity contribution in [3.63, 3.8) is 0 Å². The summed E-state index contributed by atoms with van der Waals surface area (Å²) in [5.41, 5.74) is 0.602. The van der Waals surface area contributed by atoms with Gasteiger partial charge in [-0.2, -0.15) is 4.31 Å². The molecule has 2 aliphatic rings. The number of rotatable bonds is 8. The molecule has 0 unspecified atom stereocenters. The van der Waals surface area contributed by atoms with E-state index < -0.39 is 10.0 Å². The quantitative estimate of drug-likeness (QED) is 0.620. The van der Waals surface area contributed by atoms with Crippen LogP contribution in [0, 0.1) is 0 Å². The zero-order valence-corrected chi connectivity index (χ0v) is 19.7. The van der Waals surface area contributed by atoms with E-state index in [0.717, 1.165) is 39.1 Å². The van der Waals surface area contributed by atoms with Gasteiger partial charge in [-0.05, 0) is 42.1 Å². The van der Waals surface area contributed by atoms with E-state index >= 15 is 0 Å². The van der Waals surface area contributed by atoms with E-state index in [1.54, 1.807) is 35.6 Å². The van der Waals surface area contributed by atoms with Crippen LogP contribution in [-0.4, -0.2) is 94.0 Å². The highest BCUT2D eigenvalue weighted by Gasteiger charge is 2.26. The molecule has 0 saturated carbocycles. The summed E-state index contributed by atoms with van der Waals surface area (Å²) < 4.78 is 32.1. The predicted molar refractivity (Wildman–Crippen MR) is 126 cm³/mol. The Morgan fingerprint density at radius 1 is 0.969 bits per heavy atom. The summed E-state index contributed by atoms with van der Waals surface area (Å²) in [6, 6.07) is 10.7. The second-order valence-corrected chi connectivity index (χ2v) is 11.0. The molecule has 2 aliphatic heterocycles. The third-order valence-electron chi connectivity index (χ3n) is 5.83. The van der Waals surface area contributed by atoms with Gasteiger partial charge in [0.15, 0.2) is 0 Å². The molecule has 2 aromatic rings. The number of carbonyl (C=O) groups excluding carboxylic acids is 1. The lowest BCUT2D eigenvalue weighted by atomic mass is 10.2. The molecule has 2 saturated heterocycles. The summed E-state index contributed by atoms with van der Waals surface area (Å²) in [5, 5.41) is 4.99. The molecule has 1 aromatic carbocycles. The number of benzene rings is 1. The number of amides is 1. The van der Waals surface area contributed by atoms with Gasteiger partial charge >= 0.3 is 0 Å². The van der Waals surface area contributed by atoms with Gasteiger partial charge in [0, 0.05) is 56.4 Å². The Bertz CT molecular complexity index is 966. The first-order valence-electron chi connectivity index (χ1n) is 11.0. The Kier molecular flexibility index (Phi) is 7.93. The Morgan fingerprint density at radius 3 is 2.31 bits per heavy atom. The summed E-state index contributed by atoms with van der Waals surface area (Å²) >= 11 is 1.80. The zero-order chi connectivity index (χ0) is 22.4. The van der Waals surface area contributed by atoms with Crippen molar-refractivity contribution in [2.75, 3.05) is 70.9 Å². The van der Waals surface area contributed by atoms with E-state index in [0.29, 0.717) is 38.5 Å². The van der Waals surface area contributed by atoms with E-state index in [9.17, 15) is 13.2 Å². The molecule has 4 rings (SSSR count). The van der Waals surface area contributed by atoms with Gasteiger partial charge in [0.05, 0.1) is 24.7 Å². The average molecular weight is 479 g/mol. The van der Waals surface area contributed by atoms with E-state index in [4.69, 9.17) is 4.74 Å². The third-order valence-corrected chi connectivity index (χ3v) is 8.68. The minimum atomic E-state index is -3.53. The molecule has 0 bridgehead atoms. The molecule has 8 nitrogen and oxygen atoms in total. The minimum absolute atomic E-state index is 0.0826. The third kappa shape index (κ3) is 6.15. The SMILES string of the molecule is O=C(CN1CCN(CCc2cccs2)CC1)Nc1ccc(S(=O)(=O)N2CCOCC2)cc1. The molecule has 1 N–H and O–H groups in total. The van der Waals surface area contributed by atoms with Crippen LogP contribution < -0.4 is 5.32 Å². The van der Waals surface area contributed by atoms with Gasteiger partial charge in [-0.15, -0.1) is 11.3 Å². The van der Waals surface area contributed by atoms with Crippen molar-refractivity contribution in [3.05, 3.63) is 46.7 Å². The summed E-state index contributed by atoms with van der Waals surface area (Å²) in [6.07, 6.45) is 1.08. The fourth-order valence-corrected chi connectivity index (χ4v) is 6.05. The molecule has 174 valence electrons. The molecule has 1 amide bonds. The van der Waals surface area contributed by atoms with Crippen molar-refractivity contribution in [3.8, 4) is 0 Å². The normalized spacial score (nSPS) is 19.1. The Morgan fingerprint density at radius 2 is 1.66 bits per heavy atom. The molecule has 0 spiro atoms. The van der Waals surface area contributed by atoms with E-state index in [-0.39, 0.29) is 10.8 Å². The van der Waals surface area contributed by atoms with Crippen molar-refractivity contribution in [2.24, 2.45) is 0 Å². The van der Waals surface area contributed by atoms with Crippen molar-refractivity contribution >= 4 is 33.0 Å². The molecular formula is C22H30N4O4S2. The fraction of sp³-hybridized carbons (Fsp3) is 0.500. The van der Waals surface area contributed by atoms with Gasteiger partial charge in [-0.1, -0.05) is 6.07 Å². The number of morpholine rings is 1. The lowest BCUT2D eigenvalue weighted by Crippen LogP contribution is -2.49. The minimum Gasteiger partial charge on any atom is -0.379 e. The topological polar surface area (TPSA) is 82.2 Å². The highest BCUT2D eigenvalue weighted by molar-refractivity contribution is 7.89. The maximum atomic E-state index is 12.7. The van der Waals surface area contributed by atoms with Crippen LogP contribution in [0.15, 0.2) is 46.7 Å². The van der Waals surface area contributed by atoms with Crippen LogP contribution in [0.3, 0.4) is 0 Å². The van der Waals surface area contributed by atoms with Gasteiger partial charge in [-0.3, -0.25) is 9.69 Å². The van der Waals surface area contributed by atoms with E-state index in [1.807, 2.05) is 0 Å². The molecule has 2 fully saturated rings. The van der Waals surface area contributed by atoms with Crippen LogP contribution in [0.25, 0.3) is 0 Å². The molecule has 3 heterocycles. The lowest BCUT2D eigenvalue weighted by molar-refractivity contribution is -0.117. The molecule has 0 radical (unpaired) electrons. The highest BCUT2D eigenvalue weighted by atomic mass is 32.2. The molecule has 10 heteroatoms. The molecule has 0 aliphatic carbocycles. The van der Waals surface area contributed by atoms with Crippen LogP contribution in [0.2, 0.25) is 0 Å². The Hall–Kier alpha value is -1.82. The maximum absolute atomic E-state index is 12.7. The van der Waals surface area contributed by atoms with Crippen LogP contribution >= 0.6 is 11.3 Å². The summed E-state index contributed by atoms with van der Waals surface area (Å²) in [4.78, 5) is 18.7. The second kappa shape index (κ2) is 10.9. The average Bonchev–Trinajstić information content (AvgIpc) is 3.33. The Balaban J connectivity index is 1.21. The number of hydrogen-bond donors (Lipinski definition) is 1. The molecule has 0 atom stereocenters. The Labute approximate surface area is 193 Å². The van der Waals surface area contributed by atoms with Gasteiger partial charge in [0.25, 0.3) is 0 Å². The van der Waals surface area contributed by atoms with Crippen LogP contribution in [0.1, 0.15) is 4.88 Å². The summed E-state index contributed by atoms with van der Waals surface area (Å²) in [5.74, 6) is -0.0826. The number of sulfonamides is 1. The highest BCUT2D eigenvalue weighted by Crippen LogP contribution is 2.19. The number of anilines is 1. The smallest absolute Gasteiger partial charge is 0.243 e. The van der Waals surface area contributed by atoms with Crippen LogP contribution in [-0.2, 0) is 26.0 Å². The number of nitrogens with one attached hydrogen (secondary N) is 1. The first-order chi connectivity index (χ1) is 15.5. The van der Waals surface area contributed by atoms with Gasteiger partial charge < -0.3 is 15.0 Å². The van der Waals surface area contributed by atoms with Gasteiger partial charge in [0.1, 0.15) is 0 Å². The largest absolute Gasteiger partial charge is 0.379 e. The standard InChI is InChI=1S/C22H30N4O4S2/c27-22(18-25-11-9-24(10-12-25)8-7-20-2-1-17-31-20)23-19-3-5-21(6-4-19)32(28,29)26-13-15-30-16-14-26/h1-6,17H,7-16,18H2,(H,23,27). The summed E-state index contributed by atoms with van der Waals surface area (Å²) in [7, 11) is -3.53. The lowest BCUT2D eigenvalue weighted by Gasteiger charge is -2.34. The number of hydrogen-bond acceptors (Lipinski definition) is 7. The number of piperazine rings is 1. The van der Waals surface area contributed by atoms with Crippen LogP contribution in [0.4, 0.5) is 5.69 Å². The van der Waals surface area contributed by atoms with Crippen molar-refractivity contribution in [2.45, 2.75) is 11.3 Å². The second-order valence-electron chi connectivity index (χ2n) is 8.04. The number of nitrogens with zero attached hydrogens (tertiary/aromatic N) is 3. The molecule has 1 aromatic heterocycles. The zero-order valence-electron chi connectivity index (χ0n) is 18.1. The predicted octanol–water partition coefficient (Wildman–Crippen LogP) is 1.57. The van der Waals surface area contributed by atoms with Crippen molar-refractivity contribution in [1.29, 1.82) is 0 Å². The van der Waals surface area contributed by atoms with Crippen molar-refractivity contribution < 1.29 is 17.9 Å². The first-order valence-corrected chi connectivity index (χ1v) is 13.3. The number of thiophene rings is 1.